The fourth-order valence-electron chi connectivity index (χ4n) is 1.90. The van der Waals surface area contributed by atoms with Crippen LogP contribution in [0, 0.1) is 0 Å². The van der Waals surface area contributed by atoms with Crippen molar-refractivity contribution in [2.45, 2.75) is 25.7 Å². The summed E-state index contributed by atoms with van der Waals surface area (Å²) in [6.45, 7) is 0.735. The standard InChI is InChI=1S/C15H15F3N2O2/c16-15(17,18)22-13-7-5-12(6-8-13)19-14(21)4-3-11-20-9-1-2-10-20/h1-2,5-10H,3-4,11H2,(H,19,21). The molecule has 0 fully saturated rings. The van der Waals surface area contributed by atoms with Crippen LogP contribution in [-0.2, 0) is 11.3 Å². The molecule has 0 aliphatic rings. The van der Waals surface area contributed by atoms with E-state index in [1.54, 1.807) is 0 Å². The van der Waals surface area contributed by atoms with Crippen LogP contribution in [0.5, 0.6) is 5.75 Å². The SMILES string of the molecule is O=C(CCCn1cccc1)Nc1ccc(OC(F)(F)F)cc1. The largest absolute Gasteiger partial charge is 0.573 e. The molecule has 1 N–H and O–H groups in total. The monoisotopic (exact) mass is 312 g/mol. The molecule has 1 heterocycles. The Labute approximate surface area is 125 Å². The zero-order valence-corrected chi connectivity index (χ0v) is 11.6. The van der Waals surface area contributed by atoms with Crippen molar-refractivity contribution in [3.05, 3.63) is 48.8 Å². The number of hydrogen-bond acceptors (Lipinski definition) is 2. The molecular weight excluding hydrogens is 297 g/mol. The summed E-state index contributed by atoms with van der Waals surface area (Å²) in [6.07, 6.45) is 0.118. The van der Waals surface area contributed by atoms with E-state index in [0.29, 0.717) is 18.5 Å². The molecule has 0 spiro atoms. The number of anilines is 1. The van der Waals surface area contributed by atoms with Crippen LogP contribution in [-0.4, -0.2) is 16.8 Å². The summed E-state index contributed by atoms with van der Waals surface area (Å²) in [7, 11) is 0. The smallest absolute Gasteiger partial charge is 0.406 e. The van der Waals surface area contributed by atoms with Gasteiger partial charge < -0.3 is 14.6 Å². The molecule has 0 bridgehead atoms. The van der Waals surface area contributed by atoms with Crippen molar-refractivity contribution < 1.29 is 22.7 Å². The first-order valence-electron chi connectivity index (χ1n) is 6.69. The second-order valence-corrected chi connectivity index (χ2v) is 4.64. The molecule has 0 aliphatic heterocycles. The molecule has 1 aromatic carbocycles. The highest BCUT2D eigenvalue weighted by molar-refractivity contribution is 5.90. The predicted molar refractivity (Wildman–Crippen MR) is 75.4 cm³/mol. The Bertz CT molecular complexity index is 592. The maximum Gasteiger partial charge on any atom is 0.573 e. The molecule has 0 saturated heterocycles. The predicted octanol–water partition coefficient (Wildman–Crippen LogP) is 3.81. The summed E-state index contributed by atoms with van der Waals surface area (Å²) < 4.78 is 41.8. The number of nitrogens with one attached hydrogen (secondary N) is 1. The van der Waals surface area contributed by atoms with Crippen LogP contribution in [0.1, 0.15) is 12.8 Å². The van der Waals surface area contributed by atoms with Crippen LogP contribution in [0.2, 0.25) is 0 Å². The molecule has 4 nitrogen and oxygen atoms in total. The lowest BCUT2D eigenvalue weighted by atomic mass is 10.2. The molecule has 2 aromatic rings. The van der Waals surface area contributed by atoms with E-state index in [0.717, 1.165) is 18.7 Å². The third-order valence-corrected chi connectivity index (χ3v) is 2.86. The van der Waals surface area contributed by atoms with Gasteiger partial charge in [-0.1, -0.05) is 0 Å². The number of amides is 1. The molecule has 0 unspecified atom stereocenters. The lowest BCUT2D eigenvalue weighted by Crippen LogP contribution is -2.17. The normalized spacial score (nSPS) is 11.2. The van der Waals surface area contributed by atoms with Gasteiger partial charge in [0.25, 0.3) is 0 Å². The van der Waals surface area contributed by atoms with Gasteiger partial charge >= 0.3 is 6.36 Å². The molecule has 0 aliphatic carbocycles. The highest BCUT2D eigenvalue weighted by Crippen LogP contribution is 2.23. The highest BCUT2D eigenvalue weighted by atomic mass is 19.4. The molecular formula is C15H15F3N2O2. The molecule has 7 heteroatoms. The summed E-state index contributed by atoms with van der Waals surface area (Å²) >= 11 is 0. The average Bonchev–Trinajstić information content (AvgIpc) is 2.92. The minimum Gasteiger partial charge on any atom is -0.406 e. The number of ether oxygens (including phenoxy) is 1. The first-order valence-corrected chi connectivity index (χ1v) is 6.69. The number of aromatic nitrogens is 1. The van der Waals surface area contributed by atoms with Crippen molar-refractivity contribution in [2.24, 2.45) is 0 Å². The number of hydrogen-bond donors (Lipinski definition) is 1. The van der Waals surface area contributed by atoms with Crippen LogP contribution in [0.15, 0.2) is 48.8 Å². The fraction of sp³-hybridized carbons (Fsp3) is 0.267. The Morgan fingerprint density at radius 2 is 1.77 bits per heavy atom. The van der Waals surface area contributed by atoms with Gasteiger partial charge in [-0.25, -0.2) is 0 Å². The number of rotatable bonds is 6. The molecule has 22 heavy (non-hydrogen) atoms. The van der Waals surface area contributed by atoms with Crippen LogP contribution in [0.25, 0.3) is 0 Å². The Balaban J connectivity index is 1.76. The number of alkyl halides is 3. The van der Waals surface area contributed by atoms with Crippen LogP contribution in [0.4, 0.5) is 18.9 Å². The topological polar surface area (TPSA) is 43.3 Å². The number of aryl methyl sites for hydroxylation is 1. The molecule has 1 amide bonds. The summed E-state index contributed by atoms with van der Waals surface area (Å²) in [5.41, 5.74) is 0.431. The van der Waals surface area contributed by atoms with Crippen molar-refractivity contribution >= 4 is 11.6 Å². The summed E-state index contributed by atoms with van der Waals surface area (Å²) in [5, 5.41) is 2.63. The number of benzene rings is 1. The van der Waals surface area contributed by atoms with Crippen LogP contribution < -0.4 is 10.1 Å². The molecule has 0 atom stereocenters. The van der Waals surface area contributed by atoms with E-state index >= 15 is 0 Å². The van der Waals surface area contributed by atoms with Crippen molar-refractivity contribution in [3.8, 4) is 5.75 Å². The van der Waals surface area contributed by atoms with E-state index in [4.69, 9.17) is 0 Å². The Morgan fingerprint density at radius 1 is 1.14 bits per heavy atom. The van der Waals surface area contributed by atoms with Gasteiger partial charge in [-0.05, 0) is 42.8 Å². The molecule has 118 valence electrons. The van der Waals surface area contributed by atoms with E-state index in [9.17, 15) is 18.0 Å². The molecule has 0 saturated carbocycles. The summed E-state index contributed by atoms with van der Waals surface area (Å²) in [4.78, 5) is 11.7. The Kier molecular flexibility index (Phi) is 5.08. The zero-order chi connectivity index (χ0) is 16.0. The number of carbonyl (C=O) groups is 1. The van der Waals surface area contributed by atoms with Gasteiger partial charge in [0.05, 0.1) is 0 Å². The quantitative estimate of drug-likeness (QED) is 0.881. The van der Waals surface area contributed by atoms with Gasteiger partial charge in [-0.15, -0.1) is 13.2 Å². The van der Waals surface area contributed by atoms with Crippen molar-refractivity contribution in [2.75, 3.05) is 5.32 Å². The maximum atomic E-state index is 12.0. The second kappa shape index (κ2) is 7.02. The van der Waals surface area contributed by atoms with Gasteiger partial charge in [0.2, 0.25) is 5.91 Å². The van der Waals surface area contributed by atoms with E-state index in [-0.39, 0.29) is 11.7 Å². The van der Waals surface area contributed by atoms with Crippen molar-refractivity contribution in [1.82, 2.24) is 4.57 Å². The van der Waals surface area contributed by atoms with Gasteiger partial charge in [0.15, 0.2) is 0 Å². The summed E-state index contributed by atoms with van der Waals surface area (Å²) in [5.74, 6) is -0.505. The van der Waals surface area contributed by atoms with E-state index < -0.39 is 6.36 Å². The number of nitrogens with zero attached hydrogens (tertiary/aromatic N) is 1. The van der Waals surface area contributed by atoms with Crippen LogP contribution >= 0.6 is 0 Å². The van der Waals surface area contributed by atoms with E-state index in [1.807, 2.05) is 29.1 Å². The summed E-state index contributed by atoms with van der Waals surface area (Å²) in [6, 6.07) is 8.86. The van der Waals surface area contributed by atoms with Gasteiger partial charge in [-0.2, -0.15) is 0 Å². The number of halogens is 3. The van der Waals surface area contributed by atoms with Crippen molar-refractivity contribution in [3.63, 3.8) is 0 Å². The molecule has 0 radical (unpaired) electrons. The third kappa shape index (κ3) is 5.51. The lowest BCUT2D eigenvalue weighted by molar-refractivity contribution is -0.274. The second-order valence-electron chi connectivity index (χ2n) is 4.64. The van der Waals surface area contributed by atoms with E-state index in [1.165, 1.54) is 12.1 Å². The van der Waals surface area contributed by atoms with Gasteiger partial charge in [0, 0.05) is 31.0 Å². The molecule has 2 rings (SSSR count). The van der Waals surface area contributed by atoms with Gasteiger partial charge in [-0.3, -0.25) is 4.79 Å². The average molecular weight is 312 g/mol. The fourth-order valence-corrected chi connectivity index (χ4v) is 1.90. The van der Waals surface area contributed by atoms with Gasteiger partial charge in [0.1, 0.15) is 5.75 Å². The van der Waals surface area contributed by atoms with Crippen molar-refractivity contribution in [1.29, 1.82) is 0 Å². The minimum atomic E-state index is -4.72. The first kappa shape index (κ1) is 15.9. The maximum absolute atomic E-state index is 12.0. The Morgan fingerprint density at radius 3 is 2.36 bits per heavy atom. The lowest BCUT2D eigenvalue weighted by Gasteiger charge is -2.10. The van der Waals surface area contributed by atoms with E-state index in [2.05, 4.69) is 10.1 Å². The highest BCUT2D eigenvalue weighted by Gasteiger charge is 2.30. The number of carbonyl (C=O) groups excluding carboxylic acids is 1. The van der Waals surface area contributed by atoms with Crippen LogP contribution in [0.3, 0.4) is 0 Å². The third-order valence-electron chi connectivity index (χ3n) is 2.86. The Hall–Kier alpha value is -2.44. The minimum absolute atomic E-state index is 0.184. The molecule has 1 aromatic heterocycles. The first-order chi connectivity index (χ1) is 10.4. The zero-order valence-electron chi connectivity index (χ0n) is 11.6.